The maximum Gasteiger partial charge on any atom is 0.174 e. The Bertz CT molecular complexity index is 536. The van der Waals surface area contributed by atoms with E-state index in [9.17, 15) is 0 Å². The third kappa shape index (κ3) is 2.03. The van der Waals surface area contributed by atoms with Gasteiger partial charge in [0, 0.05) is 18.7 Å². The lowest BCUT2D eigenvalue weighted by molar-refractivity contribution is 0.306. The summed E-state index contributed by atoms with van der Waals surface area (Å²) in [4.78, 5) is 6.89. The van der Waals surface area contributed by atoms with E-state index in [0.29, 0.717) is 11.1 Å². The van der Waals surface area contributed by atoms with Crippen LogP contribution in [0.15, 0.2) is 18.3 Å². The van der Waals surface area contributed by atoms with Crippen molar-refractivity contribution in [2.45, 2.75) is 25.3 Å². The minimum atomic E-state index is 0.575. The van der Waals surface area contributed by atoms with E-state index >= 15 is 0 Å². The van der Waals surface area contributed by atoms with Crippen molar-refractivity contribution in [3.8, 4) is 0 Å². The Balaban J connectivity index is 1.88. The molecule has 1 fully saturated rings. The van der Waals surface area contributed by atoms with E-state index in [-0.39, 0.29) is 0 Å². The molecular weight excluding hydrogens is 236 g/mol. The van der Waals surface area contributed by atoms with Crippen LogP contribution in [0.2, 0.25) is 5.02 Å². The number of likely N-dealkylation sites (tertiary alicyclic amines) is 1. The summed E-state index contributed by atoms with van der Waals surface area (Å²) in [7, 11) is 2.17. The van der Waals surface area contributed by atoms with Crippen molar-refractivity contribution in [3.05, 3.63) is 29.2 Å². The summed E-state index contributed by atoms with van der Waals surface area (Å²) in [5, 5.41) is 5.12. The zero-order valence-electron chi connectivity index (χ0n) is 9.80. The molecular formula is C12H15ClN4. The second kappa shape index (κ2) is 4.27. The molecule has 3 heterocycles. The summed E-state index contributed by atoms with van der Waals surface area (Å²) in [5.41, 5.74) is 0.754. The van der Waals surface area contributed by atoms with Gasteiger partial charge in [-0.25, -0.2) is 9.50 Å². The number of likely N-dealkylation sites (N-methyl/N-ethyl adjacent to an activating group) is 1. The first kappa shape index (κ1) is 11.0. The molecule has 1 aliphatic rings. The third-order valence-electron chi connectivity index (χ3n) is 3.45. The molecule has 5 heteroatoms. The smallest absolute Gasteiger partial charge is 0.174 e. The number of halogens is 1. The Morgan fingerprint density at radius 1 is 1.53 bits per heavy atom. The van der Waals surface area contributed by atoms with Crippen molar-refractivity contribution >= 4 is 17.2 Å². The fourth-order valence-corrected chi connectivity index (χ4v) is 2.65. The molecule has 0 aliphatic carbocycles. The molecule has 1 aliphatic heterocycles. The molecule has 0 amide bonds. The first-order valence-electron chi connectivity index (χ1n) is 5.94. The van der Waals surface area contributed by atoms with Crippen LogP contribution in [0.4, 0.5) is 0 Å². The number of fused-ring (bicyclic) bond motifs is 1. The zero-order chi connectivity index (χ0) is 11.8. The van der Waals surface area contributed by atoms with E-state index in [1.54, 1.807) is 4.52 Å². The normalized spacial score (nSPS) is 21.4. The van der Waals surface area contributed by atoms with Crippen LogP contribution in [0, 0.1) is 0 Å². The molecule has 0 spiro atoms. The van der Waals surface area contributed by atoms with E-state index in [2.05, 4.69) is 22.0 Å². The lowest BCUT2D eigenvalue weighted by Crippen LogP contribution is -2.27. The number of aromatic nitrogens is 3. The minimum absolute atomic E-state index is 0.575. The van der Waals surface area contributed by atoms with Gasteiger partial charge in [-0.05, 0) is 38.6 Å². The summed E-state index contributed by atoms with van der Waals surface area (Å²) in [5.74, 6) is 0.886. The van der Waals surface area contributed by atoms with Crippen LogP contribution in [-0.2, 0) is 6.42 Å². The van der Waals surface area contributed by atoms with Crippen molar-refractivity contribution in [1.29, 1.82) is 0 Å². The second-order valence-corrected chi connectivity index (χ2v) is 5.04. The lowest BCUT2D eigenvalue weighted by atomic mass is 10.1. The fraction of sp³-hybridized carbons (Fsp3) is 0.500. The predicted molar refractivity (Wildman–Crippen MR) is 67.4 cm³/mol. The summed E-state index contributed by atoms with van der Waals surface area (Å²) in [6.45, 7) is 1.18. The molecule has 0 radical (unpaired) electrons. The van der Waals surface area contributed by atoms with Crippen molar-refractivity contribution in [2.24, 2.45) is 0 Å². The Kier molecular flexibility index (Phi) is 2.76. The molecule has 1 atom stereocenters. The van der Waals surface area contributed by atoms with Crippen LogP contribution in [0.5, 0.6) is 0 Å². The van der Waals surface area contributed by atoms with Gasteiger partial charge in [0.1, 0.15) is 0 Å². The summed E-state index contributed by atoms with van der Waals surface area (Å²) >= 11 is 6.08. The minimum Gasteiger partial charge on any atom is -0.303 e. The molecule has 0 saturated carbocycles. The van der Waals surface area contributed by atoms with Crippen LogP contribution in [0.1, 0.15) is 18.7 Å². The highest BCUT2D eigenvalue weighted by atomic mass is 35.5. The van der Waals surface area contributed by atoms with Gasteiger partial charge >= 0.3 is 0 Å². The van der Waals surface area contributed by atoms with Crippen LogP contribution in [-0.4, -0.2) is 39.1 Å². The highest BCUT2D eigenvalue weighted by molar-refractivity contribution is 6.33. The monoisotopic (exact) mass is 250 g/mol. The number of hydrogen-bond acceptors (Lipinski definition) is 3. The molecule has 2 aromatic rings. The highest BCUT2D eigenvalue weighted by Crippen LogP contribution is 2.19. The van der Waals surface area contributed by atoms with E-state index in [1.807, 2.05) is 18.3 Å². The average molecular weight is 251 g/mol. The van der Waals surface area contributed by atoms with Crippen molar-refractivity contribution in [2.75, 3.05) is 13.6 Å². The van der Waals surface area contributed by atoms with Gasteiger partial charge in [0.15, 0.2) is 11.5 Å². The quantitative estimate of drug-likeness (QED) is 0.818. The van der Waals surface area contributed by atoms with Crippen LogP contribution in [0.25, 0.3) is 5.65 Å². The number of pyridine rings is 1. The standard InChI is InChI=1S/C12H15ClN4/c1-16-6-2-4-9(16)8-11-14-12-10(13)5-3-7-17(12)15-11/h3,5,7,9H,2,4,6,8H2,1H3. The Labute approximate surface area is 105 Å². The molecule has 1 unspecified atom stereocenters. The number of hydrogen-bond donors (Lipinski definition) is 0. The number of nitrogens with zero attached hydrogens (tertiary/aromatic N) is 4. The van der Waals surface area contributed by atoms with Gasteiger partial charge in [-0.2, -0.15) is 5.10 Å². The van der Waals surface area contributed by atoms with Gasteiger partial charge in [-0.3, -0.25) is 0 Å². The SMILES string of the molecule is CN1CCCC1Cc1nc2c(Cl)cccn2n1. The van der Waals surface area contributed by atoms with E-state index in [4.69, 9.17) is 11.6 Å². The third-order valence-corrected chi connectivity index (χ3v) is 3.74. The van der Waals surface area contributed by atoms with E-state index < -0.39 is 0 Å². The molecule has 4 nitrogen and oxygen atoms in total. The first-order chi connectivity index (χ1) is 8.24. The maximum atomic E-state index is 6.08. The summed E-state index contributed by atoms with van der Waals surface area (Å²) in [6, 6.07) is 4.30. The second-order valence-electron chi connectivity index (χ2n) is 4.63. The Hall–Kier alpha value is -1.13. The zero-order valence-corrected chi connectivity index (χ0v) is 10.6. The predicted octanol–water partition coefficient (Wildman–Crippen LogP) is 2.02. The molecule has 2 aromatic heterocycles. The van der Waals surface area contributed by atoms with Gasteiger partial charge in [0.05, 0.1) is 5.02 Å². The van der Waals surface area contributed by atoms with Gasteiger partial charge < -0.3 is 4.90 Å². The molecule has 3 rings (SSSR count). The maximum absolute atomic E-state index is 6.08. The largest absolute Gasteiger partial charge is 0.303 e. The van der Waals surface area contributed by atoms with Crippen molar-refractivity contribution < 1.29 is 0 Å². The fourth-order valence-electron chi connectivity index (χ4n) is 2.45. The Morgan fingerprint density at radius 3 is 3.12 bits per heavy atom. The van der Waals surface area contributed by atoms with Gasteiger partial charge in [-0.1, -0.05) is 11.6 Å². The van der Waals surface area contributed by atoms with Gasteiger partial charge in [0.25, 0.3) is 0 Å². The van der Waals surface area contributed by atoms with Gasteiger partial charge in [0.2, 0.25) is 0 Å². The van der Waals surface area contributed by atoms with Crippen LogP contribution < -0.4 is 0 Å². The van der Waals surface area contributed by atoms with Crippen molar-refractivity contribution in [1.82, 2.24) is 19.5 Å². The molecule has 1 saturated heterocycles. The summed E-state index contributed by atoms with van der Waals surface area (Å²) < 4.78 is 1.76. The van der Waals surface area contributed by atoms with Gasteiger partial charge in [-0.15, -0.1) is 0 Å². The molecule has 0 aromatic carbocycles. The molecule has 17 heavy (non-hydrogen) atoms. The van der Waals surface area contributed by atoms with Crippen LogP contribution >= 0.6 is 11.6 Å². The van der Waals surface area contributed by atoms with Crippen LogP contribution in [0.3, 0.4) is 0 Å². The highest BCUT2D eigenvalue weighted by Gasteiger charge is 2.22. The number of rotatable bonds is 2. The molecule has 90 valence electrons. The topological polar surface area (TPSA) is 33.4 Å². The molecule has 0 N–H and O–H groups in total. The van der Waals surface area contributed by atoms with E-state index in [0.717, 1.165) is 17.9 Å². The first-order valence-corrected chi connectivity index (χ1v) is 6.32. The lowest BCUT2D eigenvalue weighted by Gasteiger charge is -2.17. The summed E-state index contributed by atoms with van der Waals surface area (Å²) in [6.07, 6.45) is 5.31. The molecule has 0 bridgehead atoms. The van der Waals surface area contributed by atoms with Crippen molar-refractivity contribution in [3.63, 3.8) is 0 Å². The average Bonchev–Trinajstić information content (AvgIpc) is 2.87. The Morgan fingerprint density at radius 2 is 2.41 bits per heavy atom. The van der Waals surface area contributed by atoms with E-state index in [1.165, 1.54) is 19.4 Å².